The number of anilines is 1. The van der Waals surface area contributed by atoms with Crippen molar-refractivity contribution < 1.29 is 13.7 Å². The van der Waals surface area contributed by atoms with Gasteiger partial charge in [-0.3, -0.25) is 4.79 Å². The van der Waals surface area contributed by atoms with Gasteiger partial charge in [0.15, 0.2) is 6.61 Å². The molecule has 1 N–H and O–H groups in total. The Labute approximate surface area is 143 Å². The second kappa shape index (κ2) is 7.49. The topological polar surface area (TPSA) is 67.8 Å². The molecule has 2 rings (SSSR count). The van der Waals surface area contributed by atoms with Crippen molar-refractivity contribution in [3.8, 4) is 5.75 Å². The fourth-order valence-corrected chi connectivity index (χ4v) is 2.85. The summed E-state index contributed by atoms with van der Waals surface area (Å²) in [5, 5.41) is 2.75. The van der Waals surface area contributed by atoms with E-state index in [9.17, 15) is 9.00 Å². The van der Waals surface area contributed by atoms with E-state index in [1.807, 2.05) is 32.0 Å². The lowest BCUT2D eigenvalue weighted by atomic mass is 10.1. The minimum absolute atomic E-state index is 0.0627. The number of amides is 1. The number of rotatable bonds is 5. The summed E-state index contributed by atoms with van der Waals surface area (Å²) in [4.78, 5) is 12.0. The van der Waals surface area contributed by atoms with Gasteiger partial charge in [-0.2, -0.15) is 4.36 Å². The van der Waals surface area contributed by atoms with Gasteiger partial charge in [-0.15, -0.1) is 0 Å². The van der Waals surface area contributed by atoms with E-state index >= 15 is 0 Å². The van der Waals surface area contributed by atoms with Crippen LogP contribution in [-0.4, -0.2) is 29.2 Å². The molecule has 0 aliphatic carbocycles. The van der Waals surface area contributed by atoms with Gasteiger partial charge in [0.2, 0.25) is 0 Å². The van der Waals surface area contributed by atoms with E-state index < -0.39 is 9.73 Å². The van der Waals surface area contributed by atoms with Gasteiger partial charge in [0, 0.05) is 27.9 Å². The Kier molecular flexibility index (Phi) is 5.62. The maximum atomic E-state index is 12.0. The summed E-state index contributed by atoms with van der Waals surface area (Å²) in [6, 6.07) is 12.7. The first kappa shape index (κ1) is 18.0. The average Bonchev–Trinajstić information content (AvgIpc) is 2.45. The second-order valence-corrected chi connectivity index (χ2v) is 8.52. The lowest BCUT2D eigenvalue weighted by Crippen LogP contribution is -2.20. The summed E-state index contributed by atoms with van der Waals surface area (Å²) < 4.78 is 21.3. The van der Waals surface area contributed by atoms with Crippen molar-refractivity contribution in [2.24, 2.45) is 4.36 Å². The van der Waals surface area contributed by atoms with Gasteiger partial charge in [-0.05, 0) is 61.4 Å². The molecule has 0 saturated heterocycles. The van der Waals surface area contributed by atoms with Gasteiger partial charge in [-0.25, -0.2) is 4.21 Å². The highest BCUT2D eigenvalue weighted by Crippen LogP contribution is 2.18. The SMILES string of the molecule is Cc1cc(C)cc(OCC(=O)Nc2ccc(N=S(C)(C)=O)cc2)c1. The Morgan fingerprint density at radius 1 is 1.08 bits per heavy atom. The molecule has 0 unspecified atom stereocenters. The Morgan fingerprint density at radius 3 is 2.21 bits per heavy atom. The summed E-state index contributed by atoms with van der Waals surface area (Å²) in [6.45, 7) is 3.90. The Hall–Kier alpha value is -2.34. The van der Waals surface area contributed by atoms with Crippen molar-refractivity contribution in [2.75, 3.05) is 24.4 Å². The number of ether oxygens (including phenoxy) is 1. The van der Waals surface area contributed by atoms with Crippen LogP contribution in [0.1, 0.15) is 11.1 Å². The smallest absolute Gasteiger partial charge is 0.262 e. The normalized spacial score (nSPS) is 11.0. The van der Waals surface area contributed by atoms with Crippen LogP contribution in [0.3, 0.4) is 0 Å². The van der Waals surface area contributed by atoms with Crippen molar-refractivity contribution in [1.82, 2.24) is 0 Å². The summed E-state index contributed by atoms with van der Waals surface area (Å²) in [5.74, 6) is 0.436. The first-order valence-corrected chi connectivity index (χ1v) is 9.82. The van der Waals surface area contributed by atoms with Crippen LogP contribution < -0.4 is 10.1 Å². The van der Waals surface area contributed by atoms with E-state index in [1.54, 1.807) is 36.8 Å². The van der Waals surface area contributed by atoms with Crippen LogP contribution in [0.25, 0.3) is 0 Å². The molecule has 5 nitrogen and oxygen atoms in total. The molecule has 24 heavy (non-hydrogen) atoms. The van der Waals surface area contributed by atoms with Gasteiger partial charge in [0.25, 0.3) is 5.91 Å². The zero-order chi connectivity index (χ0) is 17.7. The van der Waals surface area contributed by atoms with Crippen LogP contribution in [0.2, 0.25) is 0 Å². The van der Waals surface area contributed by atoms with Crippen LogP contribution >= 0.6 is 0 Å². The highest BCUT2D eigenvalue weighted by atomic mass is 32.2. The zero-order valence-corrected chi connectivity index (χ0v) is 15.1. The van der Waals surface area contributed by atoms with E-state index in [2.05, 4.69) is 9.68 Å². The highest BCUT2D eigenvalue weighted by Gasteiger charge is 2.05. The number of benzene rings is 2. The lowest BCUT2D eigenvalue weighted by molar-refractivity contribution is -0.118. The number of nitrogens with one attached hydrogen (secondary N) is 1. The molecule has 6 heteroatoms. The van der Waals surface area contributed by atoms with Crippen molar-refractivity contribution in [2.45, 2.75) is 13.8 Å². The molecule has 2 aromatic rings. The van der Waals surface area contributed by atoms with Crippen LogP contribution in [0.5, 0.6) is 5.75 Å². The first-order valence-electron chi connectivity index (χ1n) is 7.49. The van der Waals surface area contributed by atoms with E-state index in [0.717, 1.165) is 11.1 Å². The fraction of sp³-hybridized carbons (Fsp3) is 0.278. The second-order valence-electron chi connectivity index (χ2n) is 5.98. The van der Waals surface area contributed by atoms with Crippen LogP contribution in [0.15, 0.2) is 46.8 Å². The van der Waals surface area contributed by atoms with Crippen molar-refractivity contribution in [3.05, 3.63) is 53.6 Å². The third kappa shape index (κ3) is 6.04. The zero-order valence-electron chi connectivity index (χ0n) is 14.3. The Bertz CT molecular complexity index is 823. The molecule has 0 radical (unpaired) electrons. The number of hydrogen-bond donors (Lipinski definition) is 1. The molecular formula is C18H22N2O3S. The predicted octanol–water partition coefficient (Wildman–Crippen LogP) is 3.68. The summed E-state index contributed by atoms with van der Waals surface area (Å²) in [6.07, 6.45) is 3.15. The van der Waals surface area contributed by atoms with Gasteiger partial charge in [0.05, 0.1) is 5.69 Å². The van der Waals surface area contributed by atoms with Crippen molar-refractivity contribution in [3.63, 3.8) is 0 Å². The largest absolute Gasteiger partial charge is 0.484 e. The Balaban J connectivity index is 1.94. The molecule has 0 aliphatic rings. The number of carbonyl (C=O) groups is 1. The number of nitrogens with zero attached hydrogens (tertiary/aromatic N) is 1. The van der Waals surface area contributed by atoms with E-state index in [0.29, 0.717) is 17.1 Å². The number of aryl methyl sites for hydroxylation is 2. The third-order valence-corrected chi connectivity index (χ3v) is 3.69. The van der Waals surface area contributed by atoms with Crippen molar-refractivity contribution in [1.29, 1.82) is 0 Å². The lowest BCUT2D eigenvalue weighted by Gasteiger charge is -2.09. The van der Waals surface area contributed by atoms with Gasteiger partial charge in [-0.1, -0.05) is 6.07 Å². The monoisotopic (exact) mass is 346 g/mol. The predicted molar refractivity (Wildman–Crippen MR) is 98.6 cm³/mol. The Morgan fingerprint density at radius 2 is 1.67 bits per heavy atom. The molecule has 0 aromatic heterocycles. The van der Waals surface area contributed by atoms with Crippen LogP contribution in [-0.2, 0) is 14.5 Å². The van der Waals surface area contributed by atoms with E-state index in [4.69, 9.17) is 4.74 Å². The molecule has 0 atom stereocenters. The maximum Gasteiger partial charge on any atom is 0.262 e. The van der Waals surface area contributed by atoms with Gasteiger partial charge in [0.1, 0.15) is 5.75 Å². The van der Waals surface area contributed by atoms with Crippen molar-refractivity contribution >= 4 is 27.0 Å². The minimum atomic E-state index is -2.19. The average molecular weight is 346 g/mol. The summed E-state index contributed by atoms with van der Waals surface area (Å²) in [5.41, 5.74) is 3.44. The molecule has 2 aromatic carbocycles. The molecule has 0 saturated carbocycles. The minimum Gasteiger partial charge on any atom is -0.484 e. The summed E-state index contributed by atoms with van der Waals surface area (Å²) in [7, 11) is -2.19. The number of hydrogen-bond acceptors (Lipinski definition) is 4. The first-order chi connectivity index (χ1) is 11.2. The molecule has 0 fully saturated rings. The van der Waals surface area contributed by atoms with E-state index in [1.165, 1.54) is 0 Å². The third-order valence-electron chi connectivity index (χ3n) is 3.04. The molecule has 128 valence electrons. The molecule has 0 aliphatic heterocycles. The van der Waals surface area contributed by atoms with Crippen LogP contribution in [0, 0.1) is 13.8 Å². The number of carbonyl (C=O) groups excluding carboxylic acids is 1. The molecular weight excluding hydrogens is 324 g/mol. The highest BCUT2D eigenvalue weighted by molar-refractivity contribution is 7.92. The quantitative estimate of drug-likeness (QED) is 0.898. The molecule has 1 amide bonds. The van der Waals surface area contributed by atoms with E-state index in [-0.39, 0.29) is 12.5 Å². The van der Waals surface area contributed by atoms with Gasteiger partial charge < -0.3 is 10.1 Å². The molecule has 0 spiro atoms. The molecule has 0 bridgehead atoms. The maximum absolute atomic E-state index is 12.0. The fourth-order valence-electron chi connectivity index (χ4n) is 2.22. The summed E-state index contributed by atoms with van der Waals surface area (Å²) >= 11 is 0. The van der Waals surface area contributed by atoms with Crippen LogP contribution in [0.4, 0.5) is 11.4 Å². The molecule has 0 heterocycles. The van der Waals surface area contributed by atoms with Gasteiger partial charge >= 0.3 is 0 Å². The standard InChI is InChI=1S/C18H22N2O3S/c1-13-9-14(2)11-17(10-13)23-12-18(21)19-15-5-7-16(8-6-15)20-24(3,4)22/h5-11H,12H2,1-4H3,(H,19,21).